The molecule has 3 aromatic carbocycles. The Kier molecular flexibility index (Phi) is 6.83. The number of carbonyl (C=O) groups is 2. The summed E-state index contributed by atoms with van der Waals surface area (Å²) in [6, 6.07) is 17.8. The van der Waals surface area contributed by atoms with Crippen molar-refractivity contribution in [3.05, 3.63) is 98.6 Å². The van der Waals surface area contributed by atoms with Gasteiger partial charge in [0.15, 0.2) is 0 Å². The third-order valence-electron chi connectivity index (χ3n) is 7.74. The average Bonchev–Trinajstić information content (AvgIpc) is 3.34. The topological polar surface area (TPSA) is 108 Å². The number of nitro benzene ring substituents is 1. The van der Waals surface area contributed by atoms with Crippen LogP contribution < -0.4 is 10.0 Å². The van der Waals surface area contributed by atoms with Crippen LogP contribution in [0.1, 0.15) is 47.6 Å². The molecule has 3 aromatic rings. The molecule has 9 nitrogen and oxygen atoms in total. The minimum atomic E-state index is -0.903. The van der Waals surface area contributed by atoms with Gasteiger partial charge in [-0.25, -0.2) is 0 Å². The van der Waals surface area contributed by atoms with Crippen LogP contribution in [-0.2, 0) is 9.59 Å². The van der Waals surface area contributed by atoms with E-state index in [0.29, 0.717) is 28.4 Å². The fourth-order valence-corrected chi connectivity index (χ4v) is 5.90. The van der Waals surface area contributed by atoms with Crippen LogP contribution in [-0.4, -0.2) is 28.2 Å². The molecule has 40 heavy (non-hydrogen) atoms. The lowest BCUT2D eigenvalue weighted by Crippen LogP contribution is -2.40. The predicted molar refractivity (Wildman–Crippen MR) is 156 cm³/mol. The van der Waals surface area contributed by atoms with E-state index in [1.165, 1.54) is 16.1 Å². The Hall–Kier alpha value is -4.66. The molecule has 0 aromatic heterocycles. The van der Waals surface area contributed by atoms with Gasteiger partial charge in [0, 0.05) is 29.0 Å². The Labute approximate surface area is 233 Å². The first kappa shape index (κ1) is 26.9. The molecule has 0 radical (unpaired) electrons. The zero-order chi connectivity index (χ0) is 28.9. The number of anilines is 2. The standard InChI is InChI=1S/C31H31N5O4/c1-17-11-13-24(19(3)15-17)34-30(37)27(21(5)32-34)29(23-9-7-8-10-26(23)36(39)40)28-22(6)33-35(31(28)38)25-14-12-18(2)16-20(25)4/h7-16,27-29H,1-6H3/t27-,28+,29?. The van der Waals surface area contributed by atoms with E-state index in [2.05, 4.69) is 10.2 Å². The van der Waals surface area contributed by atoms with E-state index < -0.39 is 22.7 Å². The Balaban J connectivity index is 1.64. The normalized spacial score (nSPS) is 19.6. The molecular weight excluding hydrogens is 506 g/mol. The van der Waals surface area contributed by atoms with Crippen LogP contribution in [0, 0.1) is 49.6 Å². The van der Waals surface area contributed by atoms with Crippen molar-refractivity contribution in [1.82, 2.24) is 0 Å². The van der Waals surface area contributed by atoms with Gasteiger partial charge in [0.25, 0.3) is 17.5 Å². The number of hydrazone groups is 2. The number of nitro groups is 1. The molecule has 0 spiro atoms. The van der Waals surface area contributed by atoms with Gasteiger partial charge in [-0.15, -0.1) is 0 Å². The number of para-hydroxylation sites is 1. The van der Waals surface area contributed by atoms with Crippen LogP contribution >= 0.6 is 0 Å². The number of rotatable bonds is 6. The molecule has 3 atom stereocenters. The molecule has 0 N–H and O–H groups in total. The highest BCUT2D eigenvalue weighted by molar-refractivity contribution is 6.20. The molecule has 204 valence electrons. The van der Waals surface area contributed by atoms with Crippen LogP contribution in [0.15, 0.2) is 70.9 Å². The second-order valence-electron chi connectivity index (χ2n) is 10.7. The van der Waals surface area contributed by atoms with Gasteiger partial charge in [0.2, 0.25) is 0 Å². The molecule has 0 saturated heterocycles. The number of benzene rings is 3. The highest BCUT2D eigenvalue weighted by Gasteiger charge is 2.51. The number of hydrogen-bond acceptors (Lipinski definition) is 6. The van der Waals surface area contributed by atoms with E-state index in [1.54, 1.807) is 32.0 Å². The van der Waals surface area contributed by atoms with Crippen molar-refractivity contribution >= 4 is 40.3 Å². The summed E-state index contributed by atoms with van der Waals surface area (Å²) in [5.74, 6) is -3.36. The maximum Gasteiger partial charge on any atom is 0.272 e. The Bertz CT molecular complexity index is 1530. The van der Waals surface area contributed by atoms with Crippen molar-refractivity contribution in [3.63, 3.8) is 0 Å². The second kappa shape index (κ2) is 10.1. The molecule has 0 fully saturated rings. The van der Waals surface area contributed by atoms with Gasteiger partial charge in [-0.1, -0.05) is 53.6 Å². The fourth-order valence-electron chi connectivity index (χ4n) is 5.90. The van der Waals surface area contributed by atoms with Crippen molar-refractivity contribution in [2.75, 3.05) is 10.0 Å². The van der Waals surface area contributed by atoms with Crippen molar-refractivity contribution in [2.24, 2.45) is 22.0 Å². The van der Waals surface area contributed by atoms with Crippen LogP contribution in [0.4, 0.5) is 17.1 Å². The maximum absolute atomic E-state index is 14.1. The molecule has 5 rings (SSSR count). The van der Waals surface area contributed by atoms with E-state index in [0.717, 1.165) is 22.3 Å². The summed E-state index contributed by atoms with van der Waals surface area (Å²) in [4.78, 5) is 40.0. The third kappa shape index (κ3) is 4.47. The van der Waals surface area contributed by atoms with Crippen molar-refractivity contribution in [1.29, 1.82) is 0 Å². The van der Waals surface area contributed by atoms with Crippen LogP contribution in [0.2, 0.25) is 0 Å². The summed E-state index contributed by atoms with van der Waals surface area (Å²) in [6.07, 6.45) is 0. The minimum absolute atomic E-state index is 0.149. The van der Waals surface area contributed by atoms with E-state index >= 15 is 0 Å². The molecule has 2 aliphatic rings. The van der Waals surface area contributed by atoms with Gasteiger partial charge in [-0.2, -0.15) is 20.2 Å². The number of hydrogen-bond donors (Lipinski definition) is 0. The Morgan fingerprint density at radius 3 is 1.60 bits per heavy atom. The van der Waals surface area contributed by atoms with Crippen LogP contribution in [0.5, 0.6) is 0 Å². The third-order valence-corrected chi connectivity index (χ3v) is 7.74. The maximum atomic E-state index is 14.1. The molecule has 0 aliphatic carbocycles. The Morgan fingerprint density at radius 1 is 0.725 bits per heavy atom. The molecule has 0 bridgehead atoms. The highest BCUT2D eigenvalue weighted by atomic mass is 16.6. The van der Waals surface area contributed by atoms with Gasteiger partial charge in [0.05, 0.1) is 28.1 Å². The molecule has 1 unspecified atom stereocenters. The van der Waals surface area contributed by atoms with Crippen molar-refractivity contribution in [2.45, 2.75) is 47.5 Å². The van der Waals surface area contributed by atoms with Gasteiger partial charge < -0.3 is 0 Å². The van der Waals surface area contributed by atoms with Gasteiger partial charge in [-0.05, 0) is 64.8 Å². The van der Waals surface area contributed by atoms with Crippen molar-refractivity contribution in [3.8, 4) is 0 Å². The first-order valence-electron chi connectivity index (χ1n) is 13.2. The summed E-state index contributed by atoms with van der Waals surface area (Å²) in [7, 11) is 0. The zero-order valence-corrected chi connectivity index (χ0v) is 23.4. The lowest BCUT2D eigenvalue weighted by molar-refractivity contribution is -0.385. The van der Waals surface area contributed by atoms with Gasteiger partial charge in [-0.3, -0.25) is 19.7 Å². The molecule has 0 saturated carbocycles. The highest BCUT2D eigenvalue weighted by Crippen LogP contribution is 2.45. The van der Waals surface area contributed by atoms with Crippen LogP contribution in [0.3, 0.4) is 0 Å². The summed E-state index contributed by atoms with van der Waals surface area (Å²) in [5.41, 5.74) is 6.26. The first-order valence-corrected chi connectivity index (χ1v) is 13.2. The van der Waals surface area contributed by atoms with E-state index in [-0.39, 0.29) is 17.5 Å². The number of carbonyl (C=O) groups excluding carboxylic acids is 2. The average molecular weight is 538 g/mol. The predicted octanol–water partition coefficient (Wildman–Crippen LogP) is 5.99. The van der Waals surface area contributed by atoms with E-state index in [4.69, 9.17) is 0 Å². The molecule has 2 amide bonds. The summed E-state index contributed by atoms with van der Waals surface area (Å²) in [5, 5.41) is 24.1. The number of nitrogens with zero attached hydrogens (tertiary/aromatic N) is 5. The molecule has 2 heterocycles. The van der Waals surface area contributed by atoms with E-state index in [1.807, 2.05) is 64.1 Å². The summed E-state index contributed by atoms with van der Waals surface area (Å²) in [6.45, 7) is 11.2. The zero-order valence-electron chi connectivity index (χ0n) is 23.4. The number of aryl methyl sites for hydroxylation is 4. The summed E-state index contributed by atoms with van der Waals surface area (Å²) < 4.78 is 0. The minimum Gasteiger partial charge on any atom is -0.272 e. The quantitative estimate of drug-likeness (QED) is 0.284. The van der Waals surface area contributed by atoms with Gasteiger partial charge in [0.1, 0.15) is 0 Å². The first-order chi connectivity index (χ1) is 19.0. The number of amides is 2. The van der Waals surface area contributed by atoms with E-state index in [9.17, 15) is 19.7 Å². The van der Waals surface area contributed by atoms with Crippen molar-refractivity contribution < 1.29 is 14.5 Å². The molecule has 9 heteroatoms. The smallest absolute Gasteiger partial charge is 0.272 e. The lowest BCUT2D eigenvalue weighted by atomic mass is 9.72. The summed E-state index contributed by atoms with van der Waals surface area (Å²) >= 11 is 0. The lowest BCUT2D eigenvalue weighted by Gasteiger charge is -2.28. The fraction of sp³-hybridized carbons (Fsp3) is 0.290. The second-order valence-corrected chi connectivity index (χ2v) is 10.7. The largest absolute Gasteiger partial charge is 0.272 e. The monoisotopic (exact) mass is 537 g/mol. The molecule has 2 aliphatic heterocycles. The van der Waals surface area contributed by atoms with Crippen LogP contribution in [0.25, 0.3) is 0 Å². The SMILES string of the molecule is CC1=NN(c2ccc(C)cc2C)C(=O)[C@H]1C(c1ccccc1[N+](=O)[O-])[C@H]1C(=O)N(c2ccc(C)cc2C)N=C1C. The molecular formula is C31H31N5O4. The van der Waals surface area contributed by atoms with Gasteiger partial charge >= 0.3 is 0 Å². The Morgan fingerprint density at radius 2 is 1.18 bits per heavy atom.